The van der Waals surface area contributed by atoms with Crippen LogP contribution in [0.4, 0.5) is 0 Å². The van der Waals surface area contributed by atoms with Crippen molar-refractivity contribution in [3.05, 3.63) is 0 Å². The van der Waals surface area contributed by atoms with Gasteiger partial charge in [0.25, 0.3) is 0 Å². The molecule has 1 saturated heterocycles. The first-order chi connectivity index (χ1) is 13.7. The summed E-state index contributed by atoms with van der Waals surface area (Å²) in [6.45, 7) is 4.29. The maximum absolute atomic E-state index is 12.6. The molecule has 0 aromatic rings. The number of hydrogen-bond acceptors (Lipinski definition) is 6. The molecule has 1 rings (SSSR count). The second kappa shape index (κ2) is 12.4. The number of likely N-dealkylation sites (tertiary alicyclic amines) is 1. The fourth-order valence-corrected chi connectivity index (χ4v) is 3.30. The lowest BCUT2D eigenvalue weighted by Gasteiger charge is -2.26. The Kier molecular flexibility index (Phi) is 10.6. The molecule has 0 bridgehead atoms. The number of carbonyl (C=O) groups is 4. The van der Waals surface area contributed by atoms with E-state index in [0.29, 0.717) is 38.8 Å². The van der Waals surface area contributed by atoms with Crippen LogP contribution < -0.4 is 22.1 Å². The molecule has 4 atom stereocenters. The van der Waals surface area contributed by atoms with Crippen molar-refractivity contribution in [2.24, 2.45) is 17.4 Å². The van der Waals surface area contributed by atoms with E-state index in [0.717, 1.165) is 12.8 Å². The Labute approximate surface area is 171 Å². The third-order valence-corrected chi connectivity index (χ3v) is 5.37. The zero-order valence-corrected chi connectivity index (χ0v) is 17.4. The van der Waals surface area contributed by atoms with E-state index < -0.39 is 41.8 Å². The molecule has 0 aromatic carbocycles. The first kappa shape index (κ1) is 24.8. The third-order valence-electron chi connectivity index (χ3n) is 5.37. The number of nitrogens with one attached hydrogen (secondary N) is 2. The van der Waals surface area contributed by atoms with E-state index in [1.165, 1.54) is 4.90 Å². The highest BCUT2D eigenvalue weighted by molar-refractivity contribution is 5.92. The Morgan fingerprint density at radius 2 is 1.90 bits per heavy atom. The van der Waals surface area contributed by atoms with Crippen LogP contribution in [0.5, 0.6) is 0 Å². The molecule has 0 spiro atoms. The number of rotatable bonds is 12. The number of hydrogen-bond donors (Lipinski definition) is 5. The van der Waals surface area contributed by atoms with Crippen LogP contribution in [0.15, 0.2) is 0 Å². The first-order valence-electron chi connectivity index (χ1n) is 10.3. The van der Waals surface area contributed by atoms with Crippen molar-refractivity contribution in [2.45, 2.75) is 70.5 Å². The lowest BCUT2D eigenvalue weighted by Crippen LogP contribution is -2.55. The predicted molar refractivity (Wildman–Crippen MR) is 108 cm³/mol. The van der Waals surface area contributed by atoms with Gasteiger partial charge in [0.1, 0.15) is 12.1 Å². The molecule has 166 valence electrons. The van der Waals surface area contributed by atoms with Gasteiger partial charge in [0.05, 0.1) is 12.6 Å². The van der Waals surface area contributed by atoms with Gasteiger partial charge in [-0.3, -0.25) is 14.4 Å². The molecule has 0 aromatic heterocycles. The molecule has 10 nitrogen and oxygen atoms in total. The van der Waals surface area contributed by atoms with Crippen molar-refractivity contribution in [2.75, 3.05) is 19.6 Å². The zero-order valence-electron chi connectivity index (χ0n) is 17.4. The fourth-order valence-electron chi connectivity index (χ4n) is 3.30. The van der Waals surface area contributed by atoms with Gasteiger partial charge in [0, 0.05) is 6.54 Å². The second-order valence-electron chi connectivity index (χ2n) is 7.56. The number of nitrogens with zero attached hydrogens (tertiary/aromatic N) is 1. The summed E-state index contributed by atoms with van der Waals surface area (Å²) in [5.74, 6) is -2.56. The smallest absolute Gasteiger partial charge is 0.326 e. The van der Waals surface area contributed by atoms with Gasteiger partial charge in [-0.15, -0.1) is 0 Å². The highest BCUT2D eigenvalue weighted by Gasteiger charge is 2.34. The van der Waals surface area contributed by atoms with Crippen molar-refractivity contribution < 1.29 is 24.3 Å². The molecule has 1 aliphatic rings. The Morgan fingerprint density at radius 1 is 1.21 bits per heavy atom. The van der Waals surface area contributed by atoms with E-state index >= 15 is 0 Å². The zero-order chi connectivity index (χ0) is 22.0. The van der Waals surface area contributed by atoms with Crippen LogP contribution in [0.3, 0.4) is 0 Å². The van der Waals surface area contributed by atoms with Crippen LogP contribution in [-0.4, -0.2) is 71.5 Å². The number of carbonyl (C=O) groups excluding carboxylic acids is 3. The normalized spacial score (nSPS) is 19.3. The maximum Gasteiger partial charge on any atom is 0.326 e. The summed E-state index contributed by atoms with van der Waals surface area (Å²) < 4.78 is 0. The van der Waals surface area contributed by atoms with Crippen LogP contribution in [0, 0.1) is 5.92 Å². The molecule has 3 amide bonds. The predicted octanol–water partition coefficient (Wildman–Crippen LogP) is -0.835. The van der Waals surface area contributed by atoms with Gasteiger partial charge in [-0.05, 0) is 38.1 Å². The molecule has 1 aliphatic heterocycles. The fraction of sp³-hybridized carbons (Fsp3) is 0.789. The van der Waals surface area contributed by atoms with Gasteiger partial charge in [-0.1, -0.05) is 26.7 Å². The van der Waals surface area contributed by atoms with Crippen molar-refractivity contribution in [1.82, 2.24) is 15.5 Å². The Morgan fingerprint density at radius 3 is 2.48 bits per heavy atom. The number of aliphatic carboxylic acids is 1. The summed E-state index contributed by atoms with van der Waals surface area (Å²) in [7, 11) is 0. The van der Waals surface area contributed by atoms with Gasteiger partial charge in [-0.25, -0.2) is 4.79 Å². The summed E-state index contributed by atoms with van der Waals surface area (Å²) in [5, 5.41) is 14.4. The standard InChI is InChI=1S/C19H35N5O5/c1-3-12(2)16(23-17(26)13(21)7-4-5-9-20)18(27)22-11-15(25)24-10-6-8-14(24)19(28)29/h12-14,16H,3-11,20-21H2,1-2H3,(H,22,27)(H,23,26)(H,28,29). The summed E-state index contributed by atoms with van der Waals surface area (Å²) in [5.41, 5.74) is 11.3. The lowest BCUT2D eigenvalue weighted by atomic mass is 9.97. The van der Waals surface area contributed by atoms with E-state index in [2.05, 4.69) is 10.6 Å². The largest absolute Gasteiger partial charge is 0.480 e. The topological polar surface area (TPSA) is 168 Å². The monoisotopic (exact) mass is 413 g/mol. The molecule has 4 unspecified atom stereocenters. The number of amides is 3. The van der Waals surface area contributed by atoms with E-state index in [9.17, 15) is 24.3 Å². The van der Waals surface area contributed by atoms with Crippen LogP contribution in [0.25, 0.3) is 0 Å². The number of unbranched alkanes of at least 4 members (excludes halogenated alkanes) is 1. The minimum Gasteiger partial charge on any atom is -0.480 e. The van der Waals surface area contributed by atoms with Gasteiger partial charge in [-0.2, -0.15) is 0 Å². The third kappa shape index (κ3) is 7.62. The molecule has 7 N–H and O–H groups in total. The van der Waals surface area contributed by atoms with Gasteiger partial charge < -0.3 is 32.1 Å². The molecular weight excluding hydrogens is 378 g/mol. The molecule has 10 heteroatoms. The SMILES string of the molecule is CCC(C)C(NC(=O)C(N)CCCCN)C(=O)NCC(=O)N1CCCC1C(=O)O. The minimum atomic E-state index is -1.05. The summed E-state index contributed by atoms with van der Waals surface area (Å²) in [4.78, 5) is 49.8. The maximum atomic E-state index is 12.6. The van der Waals surface area contributed by atoms with Gasteiger partial charge in [0.2, 0.25) is 17.7 Å². The quantitative estimate of drug-likeness (QED) is 0.260. The van der Waals surface area contributed by atoms with E-state index in [1.54, 1.807) is 0 Å². The molecule has 1 heterocycles. The number of carboxylic acids is 1. The second-order valence-corrected chi connectivity index (χ2v) is 7.56. The van der Waals surface area contributed by atoms with Gasteiger partial charge >= 0.3 is 5.97 Å². The Bertz CT molecular complexity index is 585. The van der Waals surface area contributed by atoms with E-state index in [1.807, 2.05) is 13.8 Å². The average molecular weight is 414 g/mol. The van der Waals surface area contributed by atoms with E-state index in [4.69, 9.17) is 11.5 Å². The highest BCUT2D eigenvalue weighted by Crippen LogP contribution is 2.17. The van der Waals surface area contributed by atoms with Crippen molar-refractivity contribution in [3.63, 3.8) is 0 Å². The molecule has 0 aliphatic carbocycles. The highest BCUT2D eigenvalue weighted by atomic mass is 16.4. The lowest BCUT2D eigenvalue weighted by molar-refractivity contribution is -0.148. The number of carboxylic acid groups (broad SMARTS) is 1. The van der Waals surface area contributed by atoms with Crippen LogP contribution in [0.1, 0.15) is 52.4 Å². The average Bonchev–Trinajstić information content (AvgIpc) is 3.19. The summed E-state index contributed by atoms with van der Waals surface area (Å²) in [6.07, 6.45) is 3.63. The molecular formula is C19H35N5O5. The Hall–Kier alpha value is -2.20. The number of nitrogens with two attached hydrogens (primary N) is 2. The van der Waals surface area contributed by atoms with Crippen LogP contribution >= 0.6 is 0 Å². The van der Waals surface area contributed by atoms with Crippen molar-refractivity contribution in [3.8, 4) is 0 Å². The minimum absolute atomic E-state index is 0.163. The molecule has 1 fully saturated rings. The van der Waals surface area contributed by atoms with Crippen LogP contribution in [-0.2, 0) is 19.2 Å². The van der Waals surface area contributed by atoms with Crippen molar-refractivity contribution >= 4 is 23.7 Å². The molecule has 29 heavy (non-hydrogen) atoms. The summed E-state index contributed by atoms with van der Waals surface area (Å²) in [6, 6.07) is -2.41. The Balaban J connectivity index is 2.63. The van der Waals surface area contributed by atoms with E-state index in [-0.39, 0.29) is 12.5 Å². The van der Waals surface area contributed by atoms with Crippen LogP contribution in [0.2, 0.25) is 0 Å². The molecule has 0 radical (unpaired) electrons. The first-order valence-corrected chi connectivity index (χ1v) is 10.3. The van der Waals surface area contributed by atoms with Gasteiger partial charge in [0.15, 0.2) is 0 Å². The van der Waals surface area contributed by atoms with Crippen molar-refractivity contribution in [1.29, 1.82) is 0 Å². The molecule has 0 saturated carbocycles. The summed E-state index contributed by atoms with van der Waals surface area (Å²) >= 11 is 0.